The lowest BCUT2D eigenvalue weighted by atomic mass is 10.0. The lowest BCUT2D eigenvalue weighted by molar-refractivity contribution is -0.137. The molecule has 0 saturated carbocycles. The third-order valence-electron chi connectivity index (χ3n) is 5.36. The van der Waals surface area contributed by atoms with Gasteiger partial charge in [-0.15, -0.1) is 0 Å². The average Bonchev–Trinajstić information content (AvgIpc) is 2.74. The second-order valence-electron chi connectivity index (χ2n) is 9.11. The Morgan fingerprint density at radius 2 is 0.800 bits per heavy atom. The molecule has 0 bridgehead atoms. The minimum absolute atomic E-state index is 0.176. The van der Waals surface area contributed by atoms with Crippen LogP contribution >= 0.6 is 7.82 Å². The third kappa shape index (κ3) is 54.9. The van der Waals surface area contributed by atoms with Crippen LogP contribution in [0.25, 0.3) is 0 Å². The number of carboxylic acid groups (broad SMARTS) is 2. The standard InChI is InChI=1S/C22H44O2.C4H6O2.H3O4P/c1-2-3-4-5-6-7-8-9-10-11-12-13-14-15-16-17-18-19-20-21-22(23)24;1-3(2)4(5)6;1-5(2,3)4/h2-21H2,1H3,(H,23,24);1H2,2H3,(H,5,6);(H3,1,2,3,4). The molecular formula is C26H53O8P. The molecule has 0 amide bonds. The first-order valence-electron chi connectivity index (χ1n) is 13.3. The van der Waals surface area contributed by atoms with Crippen LogP contribution in [0.4, 0.5) is 0 Å². The van der Waals surface area contributed by atoms with E-state index in [0.717, 1.165) is 12.8 Å². The van der Waals surface area contributed by atoms with Gasteiger partial charge in [-0.3, -0.25) is 4.79 Å². The molecule has 0 aromatic rings. The first-order valence-corrected chi connectivity index (χ1v) is 14.9. The van der Waals surface area contributed by atoms with Crippen LogP contribution in [0.2, 0.25) is 0 Å². The Morgan fingerprint density at radius 3 is 0.971 bits per heavy atom. The maximum absolute atomic E-state index is 10.4. The van der Waals surface area contributed by atoms with Crippen molar-refractivity contribution in [2.45, 2.75) is 142 Å². The van der Waals surface area contributed by atoms with Crippen molar-refractivity contribution in [3.63, 3.8) is 0 Å². The zero-order valence-electron chi connectivity index (χ0n) is 22.3. The normalized spacial score (nSPS) is 10.5. The molecule has 210 valence electrons. The van der Waals surface area contributed by atoms with Crippen molar-refractivity contribution in [3.8, 4) is 0 Å². The topological polar surface area (TPSA) is 152 Å². The lowest BCUT2D eigenvalue weighted by Crippen LogP contribution is -1.93. The molecule has 8 nitrogen and oxygen atoms in total. The summed E-state index contributed by atoms with van der Waals surface area (Å²) in [6, 6.07) is 0. The Labute approximate surface area is 213 Å². The monoisotopic (exact) mass is 524 g/mol. The van der Waals surface area contributed by atoms with E-state index in [-0.39, 0.29) is 5.57 Å². The van der Waals surface area contributed by atoms with Crippen molar-refractivity contribution < 1.29 is 39.0 Å². The van der Waals surface area contributed by atoms with Crippen LogP contribution in [0.5, 0.6) is 0 Å². The van der Waals surface area contributed by atoms with E-state index in [9.17, 15) is 9.59 Å². The molecule has 0 spiro atoms. The number of rotatable bonds is 21. The number of hydrogen-bond donors (Lipinski definition) is 5. The smallest absolute Gasteiger partial charge is 0.466 e. The minimum Gasteiger partial charge on any atom is -0.481 e. The first kappa shape index (κ1) is 38.3. The van der Waals surface area contributed by atoms with E-state index < -0.39 is 19.8 Å². The highest BCUT2D eigenvalue weighted by Gasteiger charge is 2.00. The van der Waals surface area contributed by atoms with Gasteiger partial charge in [0, 0.05) is 12.0 Å². The number of phosphoric acid groups is 1. The Bertz CT molecular complexity index is 525. The fraction of sp³-hybridized carbons (Fsp3) is 0.846. The van der Waals surface area contributed by atoms with Crippen LogP contribution in [-0.4, -0.2) is 36.8 Å². The number of hydrogen-bond acceptors (Lipinski definition) is 3. The van der Waals surface area contributed by atoms with Gasteiger partial charge in [0.05, 0.1) is 0 Å². The number of carboxylic acids is 2. The molecule has 9 heteroatoms. The average molecular weight is 525 g/mol. The van der Waals surface area contributed by atoms with Gasteiger partial charge in [-0.05, 0) is 13.3 Å². The predicted octanol–water partition coefficient (Wildman–Crippen LogP) is 7.61. The summed E-state index contributed by atoms with van der Waals surface area (Å²) in [5.74, 6) is -1.59. The van der Waals surface area contributed by atoms with Crippen molar-refractivity contribution in [2.75, 3.05) is 0 Å². The summed E-state index contributed by atoms with van der Waals surface area (Å²) in [6.45, 7) is 6.88. The Kier molecular flexibility index (Phi) is 31.8. The maximum atomic E-state index is 10.4. The van der Waals surface area contributed by atoms with Crippen LogP contribution in [0.1, 0.15) is 142 Å². The molecule has 0 aliphatic heterocycles. The molecule has 0 unspecified atom stereocenters. The highest BCUT2D eigenvalue weighted by molar-refractivity contribution is 7.45. The van der Waals surface area contributed by atoms with Crippen molar-refractivity contribution in [2.24, 2.45) is 0 Å². The van der Waals surface area contributed by atoms with E-state index >= 15 is 0 Å². The SMILES string of the molecule is C=C(C)C(=O)O.CCCCCCCCCCCCCCCCCCCCCC(=O)O.O=P(O)(O)O. The largest absolute Gasteiger partial charge is 0.481 e. The predicted molar refractivity (Wildman–Crippen MR) is 142 cm³/mol. The van der Waals surface area contributed by atoms with Gasteiger partial charge in [0.1, 0.15) is 0 Å². The van der Waals surface area contributed by atoms with E-state index in [4.69, 9.17) is 29.5 Å². The molecule has 0 aromatic carbocycles. The minimum atomic E-state index is -4.64. The summed E-state index contributed by atoms with van der Waals surface area (Å²) >= 11 is 0. The maximum Gasteiger partial charge on any atom is 0.466 e. The Hall–Kier alpha value is -1.21. The summed E-state index contributed by atoms with van der Waals surface area (Å²) in [4.78, 5) is 41.5. The molecule has 0 fully saturated rings. The highest BCUT2D eigenvalue weighted by Crippen LogP contribution is 2.25. The zero-order valence-corrected chi connectivity index (χ0v) is 23.2. The molecule has 35 heavy (non-hydrogen) atoms. The second kappa shape index (κ2) is 29.0. The number of carbonyl (C=O) groups is 2. The molecule has 0 aliphatic rings. The summed E-state index contributed by atoms with van der Waals surface area (Å²) in [7, 11) is -4.64. The number of aliphatic carboxylic acids is 2. The molecule has 0 rings (SSSR count). The summed E-state index contributed by atoms with van der Waals surface area (Å²) < 4.78 is 8.88. The van der Waals surface area contributed by atoms with Gasteiger partial charge in [0.2, 0.25) is 0 Å². The molecule has 0 aromatic heterocycles. The number of unbranched alkanes of at least 4 members (excludes halogenated alkanes) is 18. The third-order valence-corrected chi connectivity index (χ3v) is 5.36. The second-order valence-corrected chi connectivity index (χ2v) is 10.1. The molecule has 0 heterocycles. The van der Waals surface area contributed by atoms with E-state index in [0.29, 0.717) is 6.42 Å². The van der Waals surface area contributed by atoms with E-state index in [1.807, 2.05) is 0 Å². The van der Waals surface area contributed by atoms with Gasteiger partial charge in [-0.2, -0.15) is 0 Å². The Balaban J connectivity index is -0.000000767. The van der Waals surface area contributed by atoms with Crippen molar-refractivity contribution >= 4 is 19.8 Å². The molecule has 0 aliphatic carbocycles. The van der Waals surface area contributed by atoms with E-state index in [1.165, 1.54) is 116 Å². The summed E-state index contributed by atoms with van der Waals surface area (Å²) in [6.07, 6.45) is 26.1. The zero-order chi connectivity index (χ0) is 27.4. The fourth-order valence-electron chi connectivity index (χ4n) is 3.35. The summed E-state index contributed by atoms with van der Waals surface area (Å²) in [5, 5.41) is 16.4. The summed E-state index contributed by atoms with van der Waals surface area (Å²) in [5.41, 5.74) is 0.176. The lowest BCUT2D eigenvalue weighted by Gasteiger charge is -2.03. The van der Waals surface area contributed by atoms with Crippen LogP contribution in [0.15, 0.2) is 12.2 Å². The fourth-order valence-corrected chi connectivity index (χ4v) is 3.35. The van der Waals surface area contributed by atoms with Gasteiger partial charge in [0.15, 0.2) is 0 Å². The van der Waals surface area contributed by atoms with Gasteiger partial charge in [-0.25, -0.2) is 9.36 Å². The van der Waals surface area contributed by atoms with Gasteiger partial charge >= 0.3 is 19.8 Å². The Morgan fingerprint density at radius 1 is 0.600 bits per heavy atom. The van der Waals surface area contributed by atoms with Gasteiger partial charge in [-0.1, -0.05) is 129 Å². The van der Waals surface area contributed by atoms with E-state index in [2.05, 4.69) is 13.5 Å². The van der Waals surface area contributed by atoms with Crippen molar-refractivity contribution in [1.82, 2.24) is 0 Å². The van der Waals surface area contributed by atoms with Gasteiger partial charge in [0.25, 0.3) is 0 Å². The molecule has 5 N–H and O–H groups in total. The van der Waals surface area contributed by atoms with Crippen LogP contribution in [0.3, 0.4) is 0 Å². The van der Waals surface area contributed by atoms with Gasteiger partial charge < -0.3 is 24.9 Å². The van der Waals surface area contributed by atoms with Crippen molar-refractivity contribution in [3.05, 3.63) is 12.2 Å². The molecule has 0 atom stereocenters. The quantitative estimate of drug-likeness (QED) is 0.0584. The highest BCUT2D eigenvalue weighted by atomic mass is 31.2. The molecule has 0 radical (unpaired) electrons. The molecular weight excluding hydrogens is 471 g/mol. The van der Waals surface area contributed by atoms with E-state index in [1.54, 1.807) is 0 Å². The molecule has 0 saturated heterocycles. The first-order chi connectivity index (χ1) is 16.4. The van der Waals surface area contributed by atoms with Crippen LogP contribution in [0, 0.1) is 0 Å². The van der Waals surface area contributed by atoms with Crippen LogP contribution in [-0.2, 0) is 14.2 Å². The van der Waals surface area contributed by atoms with Crippen LogP contribution < -0.4 is 0 Å². The van der Waals surface area contributed by atoms with Crippen molar-refractivity contribution in [1.29, 1.82) is 0 Å².